The quantitative estimate of drug-likeness (QED) is 0.628. The van der Waals surface area contributed by atoms with Gasteiger partial charge in [0.15, 0.2) is 0 Å². The molecule has 0 aliphatic heterocycles. The minimum absolute atomic E-state index is 0.0262. The molecule has 1 aromatic carbocycles. The van der Waals surface area contributed by atoms with E-state index in [0.717, 1.165) is 41.5 Å². The molecular formula is C14H16ClNOS. The number of carbonyl (C=O) groups excluding carboxylic acids is 1. The summed E-state index contributed by atoms with van der Waals surface area (Å²) in [6.45, 7) is 0.722. The first kappa shape index (κ1) is 13.4. The molecule has 0 aliphatic carbocycles. The number of halogens is 1. The van der Waals surface area contributed by atoms with Gasteiger partial charge in [-0.3, -0.25) is 4.79 Å². The lowest BCUT2D eigenvalue weighted by molar-refractivity contribution is 0.0955. The highest BCUT2D eigenvalue weighted by atomic mass is 35.5. The van der Waals surface area contributed by atoms with E-state index >= 15 is 0 Å². The molecule has 0 unspecified atom stereocenters. The topological polar surface area (TPSA) is 29.1 Å². The average molecular weight is 282 g/mol. The number of hydrogen-bond donors (Lipinski definition) is 1. The van der Waals surface area contributed by atoms with Crippen LogP contribution in [0.1, 0.15) is 29.6 Å². The van der Waals surface area contributed by atoms with Gasteiger partial charge in [0.05, 0.1) is 5.56 Å². The number of benzene rings is 1. The highest BCUT2D eigenvalue weighted by Gasteiger charge is 2.10. The van der Waals surface area contributed by atoms with Crippen LogP contribution in [-0.2, 0) is 0 Å². The van der Waals surface area contributed by atoms with Crippen molar-refractivity contribution in [1.29, 1.82) is 0 Å². The second-order valence-corrected chi connectivity index (χ2v) is 5.44. The van der Waals surface area contributed by atoms with Crippen LogP contribution >= 0.6 is 22.9 Å². The summed E-state index contributed by atoms with van der Waals surface area (Å²) in [6.07, 6.45) is 3.06. The van der Waals surface area contributed by atoms with Crippen LogP contribution in [0.15, 0.2) is 29.6 Å². The fraction of sp³-hybridized carbons (Fsp3) is 0.357. The van der Waals surface area contributed by atoms with Crippen LogP contribution in [-0.4, -0.2) is 18.3 Å². The molecule has 0 atom stereocenters. The van der Waals surface area contributed by atoms with E-state index in [1.54, 1.807) is 11.3 Å². The smallest absolute Gasteiger partial charge is 0.252 e. The molecule has 0 saturated carbocycles. The van der Waals surface area contributed by atoms with Gasteiger partial charge in [-0.2, -0.15) is 0 Å². The number of hydrogen-bond acceptors (Lipinski definition) is 2. The van der Waals surface area contributed by atoms with Gasteiger partial charge in [0, 0.05) is 27.9 Å². The Morgan fingerprint density at radius 2 is 2.06 bits per heavy atom. The Kier molecular flexibility index (Phi) is 5.02. The fourth-order valence-electron chi connectivity index (χ4n) is 1.85. The number of rotatable bonds is 6. The zero-order chi connectivity index (χ0) is 12.8. The summed E-state index contributed by atoms with van der Waals surface area (Å²) < 4.78 is 1.16. The molecule has 0 aliphatic rings. The molecule has 4 heteroatoms. The lowest BCUT2D eigenvalue weighted by atomic mass is 10.1. The number of nitrogens with one attached hydrogen (secondary N) is 1. The maximum absolute atomic E-state index is 12.0. The van der Waals surface area contributed by atoms with Crippen molar-refractivity contribution in [2.45, 2.75) is 19.3 Å². The maximum atomic E-state index is 12.0. The van der Waals surface area contributed by atoms with Gasteiger partial charge in [-0.25, -0.2) is 0 Å². The SMILES string of the molecule is O=C(NCCCCCCl)c1csc2ccccc12. The molecule has 1 aromatic heterocycles. The molecule has 0 saturated heterocycles. The number of unbranched alkanes of at least 4 members (excludes halogenated alkanes) is 2. The van der Waals surface area contributed by atoms with Crippen molar-refractivity contribution < 1.29 is 4.79 Å². The summed E-state index contributed by atoms with van der Waals surface area (Å²) >= 11 is 7.21. The van der Waals surface area contributed by atoms with Crippen LogP contribution in [0, 0.1) is 0 Å². The average Bonchev–Trinajstić information content (AvgIpc) is 2.82. The minimum Gasteiger partial charge on any atom is -0.352 e. The van der Waals surface area contributed by atoms with Crippen LogP contribution < -0.4 is 5.32 Å². The summed E-state index contributed by atoms with van der Waals surface area (Å²) in [7, 11) is 0. The molecule has 0 radical (unpaired) electrons. The lowest BCUT2D eigenvalue weighted by Gasteiger charge is -2.03. The van der Waals surface area contributed by atoms with Gasteiger partial charge in [-0.15, -0.1) is 22.9 Å². The molecule has 96 valence electrons. The molecule has 1 heterocycles. The Morgan fingerprint density at radius 3 is 2.89 bits per heavy atom. The molecule has 0 fully saturated rings. The summed E-state index contributed by atoms with van der Waals surface area (Å²) in [5.74, 6) is 0.724. The molecule has 2 aromatic rings. The van der Waals surface area contributed by atoms with Gasteiger partial charge in [0.1, 0.15) is 0 Å². The van der Waals surface area contributed by atoms with E-state index in [1.165, 1.54) is 0 Å². The van der Waals surface area contributed by atoms with E-state index in [9.17, 15) is 4.79 Å². The van der Waals surface area contributed by atoms with Gasteiger partial charge in [0.2, 0.25) is 0 Å². The maximum Gasteiger partial charge on any atom is 0.252 e. The van der Waals surface area contributed by atoms with Crippen LogP contribution in [0.25, 0.3) is 10.1 Å². The fourth-order valence-corrected chi connectivity index (χ4v) is 2.98. The molecule has 1 amide bonds. The van der Waals surface area contributed by atoms with Crippen LogP contribution in [0.5, 0.6) is 0 Å². The molecule has 0 bridgehead atoms. The largest absolute Gasteiger partial charge is 0.352 e. The number of alkyl halides is 1. The Balaban J connectivity index is 1.93. The minimum atomic E-state index is 0.0262. The van der Waals surface area contributed by atoms with E-state index in [4.69, 9.17) is 11.6 Å². The third-order valence-corrected chi connectivity index (χ3v) is 4.05. The first-order chi connectivity index (χ1) is 8.83. The first-order valence-electron chi connectivity index (χ1n) is 6.13. The zero-order valence-electron chi connectivity index (χ0n) is 10.1. The van der Waals surface area contributed by atoms with Crippen molar-refractivity contribution in [3.63, 3.8) is 0 Å². The van der Waals surface area contributed by atoms with Crippen LogP contribution in [0.3, 0.4) is 0 Å². The molecule has 18 heavy (non-hydrogen) atoms. The standard InChI is InChI=1S/C14H16ClNOS/c15-8-4-1-5-9-16-14(17)12-10-18-13-7-3-2-6-11(12)13/h2-3,6-7,10H,1,4-5,8-9H2,(H,16,17). The Morgan fingerprint density at radius 1 is 1.22 bits per heavy atom. The van der Waals surface area contributed by atoms with E-state index in [0.29, 0.717) is 5.88 Å². The predicted molar refractivity (Wildman–Crippen MR) is 78.7 cm³/mol. The summed E-state index contributed by atoms with van der Waals surface area (Å²) in [4.78, 5) is 12.0. The van der Waals surface area contributed by atoms with Gasteiger partial charge in [0.25, 0.3) is 5.91 Å². The van der Waals surface area contributed by atoms with Gasteiger partial charge < -0.3 is 5.32 Å². The van der Waals surface area contributed by atoms with Gasteiger partial charge in [-0.05, 0) is 18.9 Å². The third-order valence-electron chi connectivity index (χ3n) is 2.82. The number of fused-ring (bicyclic) bond motifs is 1. The highest BCUT2D eigenvalue weighted by molar-refractivity contribution is 7.17. The Hall–Kier alpha value is -1.06. The monoisotopic (exact) mass is 281 g/mol. The molecule has 2 rings (SSSR count). The van der Waals surface area contributed by atoms with Crippen molar-refractivity contribution in [2.24, 2.45) is 0 Å². The molecule has 0 spiro atoms. The van der Waals surface area contributed by atoms with Gasteiger partial charge in [-0.1, -0.05) is 24.6 Å². The van der Waals surface area contributed by atoms with Crippen LogP contribution in [0.2, 0.25) is 0 Å². The van der Waals surface area contributed by atoms with Crippen molar-refractivity contribution >= 4 is 38.9 Å². The predicted octanol–water partition coefficient (Wildman–Crippen LogP) is 4.04. The van der Waals surface area contributed by atoms with Crippen molar-refractivity contribution in [3.05, 3.63) is 35.2 Å². The molecule has 1 N–H and O–H groups in total. The normalized spacial score (nSPS) is 10.7. The molecule has 2 nitrogen and oxygen atoms in total. The van der Waals surface area contributed by atoms with Gasteiger partial charge >= 0.3 is 0 Å². The summed E-state index contributed by atoms with van der Waals surface area (Å²) in [5.41, 5.74) is 0.785. The summed E-state index contributed by atoms with van der Waals surface area (Å²) in [6, 6.07) is 7.99. The van der Waals surface area contributed by atoms with E-state index in [1.807, 2.05) is 29.6 Å². The van der Waals surface area contributed by atoms with Crippen LogP contribution in [0.4, 0.5) is 0 Å². The second-order valence-electron chi connectivity index (χ2n) is 4.15. The Bertz CT molecular complexity index is 523. The van der Waals surface area contributed by atoms with Crippen molar-refractivity contribution in [1.82, 2.24) is 5.32 Å². The summed E-state index contributed by atoms with van der Waals surface area (Å²) in [5, 5.41) is 5.93. The van der Waals surface area contributed by atoms with Crippen molar-refractivity contribution in [3.8, 4) is 0 Å². The van der Waals surface area contributed by atoms with Crippen molar-refractivity contribution in [2.75, 3.05) is 12.4 Å². The number of carbonyl (C=O) groups is 1. The third kappa shape index (κ3) is 3.24. The van der Waals surface area contributed by atoms with E-state index < -0.39 is 0 Å². The number of thiophene rings is 1. The van der Waals surface area contributed by atoms with E-state index in [2.05, 4.69) is 5.32 Å². The lowest BCUT2D eigenvalue weighted by Crippen LogP contribution is -2.24. The Labute approximate surface area is 116 Å². The second kappa shape index (κ2) is 6.76. The zero-order valence-corrected chi connectivity index (χ0v) is 11.7. The first-order valence-corrected chi connectivity index (χ1v) is 7.54. The number of amides is 1. The highest BCUT2D eigenvalue weighted by Crippen LogP contribution is 2.25. The van der Waals surface area contributed by atoms with E-state index in [-0.39, 0.29) is 5.91 Å². The molecular weight excluding hydrogens is 266 g/mol.